The second-order valence-corrected chi connectivity index (χ2v) is 5.13. The van der Waals surface area contributed by atoms with E-state index in [1.54, 1.807) is 9.13 Å². The van der Waals surface area contributed by atoms with E-state index in [0.717, 1.165) is 17.5 Å². The summed E-state index contributed by atoms with van der Waals surface area (Å²) >= 11 is 0. The molecule has 0 fully saturated rings. The monoisotopic (exact) mass is 261 g/mol. The van der Waals surface area contributed by atoms with Crippen LogP contribution in [0, 0.1) is 0 Å². The predicted molar refractivity (Wildman–Crippen MR) is 79.5 cm³/mol. The molecule has 1 atom stereocenters. The maximum absolute atomic E-state index is 11.9. The van der Waals surface area contributed by atoms with Crippen LogP contribution in [0.25, 0.3) is 11.0 Å². The van der Waals surface area contributed by atoms with E-state index in [9.17, 15) is 4.79 Å². The largest absolute Gasteiger partial charge is 0.328 e. The van der Waals surface area contributed by atoms with Crippen molar-refractivity contribution in [1.29, 1.82) is 0 Å². The number of benzene rings is 1. The average molecular weight is 261 g/mol. The molecule has 1 aromatic heterocycles. The van der Waals surface area contributed by atoms with Gasteiger partial charge in [0.05, 0.1) is 11.0 Å². The first-order chi connectivity index (χ1) is 9.10. The summed E-state index contributed by atoms with van der Waals surface area (Å²) in [6.45, 7) is 2.21. The summed E-state index contributed by atoms with van der Waals surface area (Å²) in [6, 6.07) is 6.66. The van der Waals surface area contributed by atoms with Crippen LogP contribution in [0.4, 0.5) is 0 Å². The van der Waals surface area contributed by atoms with Gasteiger partial charge in [-0.15, -0.1) is 0 Å². The Bertz CT molecular complexity index is 624. The van der Waals surface area contributed by atoms with E-state index in [1.165, 1.54) is 18.4 Å². The Hall–Kier alpha value is -1.55. The summed E-state index contributed by atoms with van der Waals surface area (Å²) in [4.78, 5) is 11.9. The molecule has 1 N–H and O–H groups in total. The number of nitrogens with zero attached hydrogens (tertiary/aromatic N) is 2. The van der Waals surface area contributed by atoms with Gasteiger partial charge in [-0.3, -0.25) is 9.13 Å². The van der Waals surface area contributed by atoms with Gasteiger partial charge in [0, 0.05) is 20.1 Å². The van der Waals surface area contributed by atoms with Crippen LogP contribution in [-0.2, 0) is 14.1 Å². The van der Waals surface area contributed by atoms with Crippen LogP contribution in [0.2, 0.25) is 0 Å². The van der Waals surface area contributed by atoms with Crippen molar-refractivity contribution in [3.05, 3.63) is 34.2 Å². The Kier molecular flexibility index (Phi) is 4.10. The maximum atomic E-state index is 11.9. The molecule has 104 valence electrons. The van der Waals surface area contributed by atoms with Gasteiger partial charge in [0.15, 0.2) is 0 Å². The van der Waals surface area contributed by atoms with Crippen LogP contribution in [0.1, 0.15) is 37.8 Å². The van der Waals surface area contributed by atoms with Crippen molar-refractivity contribution in [2.75, 3.05) is 7.05 Å². The highest BCUT2D eigenvalue weighted by Gasteiger charge is 2.12. The fourth-order valence-electron chi connectivity index (χ4n) is 2.63. The maximum Gasteiger partial charge on any atom is 0.328 e. The van der Waals surface area contributed by atoms with Crippen molar-refractivity contribution >= 4 is 11.0 Å². The third-order valence-corrected chi connectivity index (χ3v) is 3.89. The number of fused-ring (bicyclic) bond motifs is 1. The average Bonchev–Trinajstić information content (AvgIpc) is 2.65. The van der Waals surface area contributed by atoms with E-state index in [4.69, 9.17) is 0 Å². The number of hydrogen-bond acceptors (Lipinski definition) is 2. The molecule has 2 rings (SSSR count). The third kappa shape index (κ3) is 2.45. The van der Waals surface area contributed by atoms with E-state index in [2.05, 4.69) is 24.4 Å². The lowest BCUT2D eigenvalue weighted by atomic mass is 10.0. The summed E-state index contributed by atoms with van der Waals surface area (Å²) < 4.78 is 3.41. The number of rotatable bonds is 5. The zero-order valence-electron chi connectivity index (χ0n) is 12.2. The normalized spacial score (nSPS) is 13.1. The Morgan fingerprint density at radius 2 is 1.89 bits per heavy atom. The number of aryl methyl sites for hydroxylation is 2. The van der Waals surface area contributed by atoms with Crippen molar-refractivity contribution in [3.8, 4) is 0 Å². The molecular formula is C15H23N3O. The van der Waals surface area contributed by atoms with E-state index in [-0.39, 0.29) is 5.69 Å². The van der Waals surface area contributed by atoms with Gasteiger partial charge in [0.25, 0.3) is 0 Å². The molecule has 0 aliphatic rings. The van der Waals surface area contributed by atoms with E-state index in [0.29, 0.717) is 6.04 Å². The summed E-state index contributed by atoms with van der Waals surface area (Å²) in [5.74, 6) is 0. The second kappa shape index (κ2) is 5.61. The van der Waals surface area contributed by atoms with Crippen molar-refractivity contribution in [1.82, 2.24) is 14.5 Å². The summed E-state index contributed by atoms with van der Waals surface area (Å²) in [5.41, 5.74) is 3.27. The topological polar surface area (TPSA) is 39.0 Å². The van der Waals surface area contributed by atoms with Gasteiger partial charge < -0.3 is 5.32 Å². The number of hydrogen-bond donors (Lipinski definition) is 1. The molecule has 0 spiro atoms. The highest BCUT2D eigenvalue weighted by molar-refractivity contribution is 5.77. The Balaban J connectivity index is 2.46. The number of imidazole rings is 1. The van der Waals surface area contributed by atoms with Crippen molar-refractivity contribution in [2.45, 2.75) is 32.2 Å². The third-order valence-electron chi connectivity index (χ3n) is 3.89. The van der Waals surface area contributed by atoms with Gasteiger partial charge in [-0.1, -0.05) is 25.8 Å². The van der Waals surface area contributed by atoms with Crippen LogP contribution in [0.3, 0.4) is 0 Å². The number of nitrogens with one attached hydrogen (secondary N) is 1. The molecule has 1 heterocycles. The van der Waals surface area contributed by atoms with Crippen LogP contribution < -0.4 is 11.0 Å². The van der Waals surface area contributed by atoms with Crippen molar-refractivity contribution in [2.24, 2.45) is 14.1 Å². The smallest absolute Gasteiger partial charge is 0.313 e. The minimum Gasteiger partial charge on any atom is -0.313 e. The van der Waals surface area contributed by atoms with Crippen LogP contribution in [0.15, 0.2) is 23.0 Å². The molecule has 4 heteroatoms. The summed E-state index contributed by atoms with van der Waals surface area (Å²) in [7, 11) is 5.64. The fourth-order valence-corrected chi connectivity index (χ4v) is 2.63. The van der Waals surface area contributed by atoms with E-state index < -0.39 is 0 Å². The van der Waals surface area contributed by atoms with Gasteiger partial charge in [0.2, 0.25) is 0 Å². The first-order valence-electron chi connectivity index (χ1n) is 6.92. The highest BCUT2D eigenvalue weighted by Crippen LogP contribution is 2.22. The number of aromatic nitrogens is 2. The SMILES string of the molecule is CCCCC(NC)c1ccc2c(c1)n(C)c(=O)n2C. The lowest BCUT2D eigenvalue weighted by Crippen LogP contribution is -2.19. The lowest BCUT2D eigenvalue weighted by Gasteiger charge is -2.16. The number of unbranched alkanes of at least 4 members (excludes halogenated alkanes) is 1. The standard InChI is InChI=1S/C15H23N3O/c1-5-6-7-12(16-2)11-8-9-13-14(10-11)18(4)15(19)17(13)3/h8-10,12,16H,5-7H2,1-4H3. The molecule has 2 aromatic rings. The Labute approximate surface area is 114 Å². The van der Waals surface area contributed by atoms with Gasteiger partial charge in [-0.2, -0.15) is 0 Å². The van der Waals surface area contributed by atoms with Crippen molar-refractivity contribution in [3.63, 3.8) is 0 Å². The Morgan fingerprint density at radius 1 is 1.21 bits per heavy atom. The lowest BCUT2D eigenvalue weighted by molar-refractivity contribution is 0.523. The van der Waals surface area contributed by atoms with Crippen LogP contribution >= 0.6 is 0 Å². The predicted octanol–water partition coefficient (Wildman–Crippen LogP) is 2.33. The second-order valence-electron chi connectivity index (χ2n) is 5.13. The fraction of sp³-hybridized carbons (Fsp3) is 0.533. The Morgan fingerprint density at radius 3 is 2.53 bits per heavy atom. The van der Waals surface area contributed by atoms with Gasteiger partial charge in [-0.05, 0) is 31.2 Å². The minimum atomic E-state index is 0.0294. The molecule has 0 bridgehead atoms. The van der Waals surface area contributed by atoms with Gasteiger partial charge in [-0.25, -0.2) is 4.79 Å². The minimum absolute atomic E-state index is 0.0294. The summed E-state index contributed by atoms with van der Waals surface area (Å²) in [6.07, 6.45) is 3.53. The molecule has 0 aliphatic carbocycles. The quantitative estimate of drug-likeness (QED) is 0.897. The van der Waals surface area contributed by atoms with E-state index >= 15 is 0 Å². The molecule has 0 saturated heterocycles. The van der Waals surface area contributed by atoms with Gasteiger partial charge >= 0.3 is 5.69 Å². The zero-order valence-corrected chi connectivity index (χ0v) is 12.2. The van der Waals surface area contributed by atoms with Gasteiger partial charge in [0.1, 0.15) is 0 Å². The van der Waals surface area contributed by atoms with E-state index in [1.807, 2.05) is 27.2 Å². The molecule has 19 heavy (non-hydrogen) atoms. The highest BCUT2D eigenvalue weighted by atomic mass is 16.1. The molecule has 0 saturated carbocycles. The molecule has 4 nitrogen and oxygen atoms in total. The molecule has 0 radical (unpaired) electrons. The first-order valence-corrected chi connectivity index (χ1v) is 6.92. The van der Waals surface area contributed by atoms with Crippen LogP contribution in [-0.4, -0.2) is 16.2 Å². The molecule has 0 amide bonds. The molecular weight excluding hydrogens is 238 g/mol. The molecule has 0 aliphatic heterocycles. The molecule has 1 aromatic carbocycles. The van der Waals surface area contributed by atoms with Crippen LogP contribution in [0.5, 0.6) is 0 Å². The summed E-state index contributed by atoms with van der Waals surface area (Å²) in [5, 5.41) is 3.36. The molecule has 1 unspecified atom stereocenters. The van der Waals surface area contributed by atoms with Crippen molar-refractivity contribution < 1.29 is 0 Å². The zero-order chi connectivity index (χ0) is 14.0. The first kappa shape index (κ1) is 13.9.